The van der Waals surface area contributed by atoms with Gasteiger partial charge in [-0.1, -0.05) is 135 Å². The van der Waals surface area contributed by atoms with E-state index in [0.29, 0.717) is 28.7 Å². The van der Waals surface area contributed by atoms with Gasteiger partial charge in [-0.3, -0.25) is 0 Å². The monoisotopic (exact) mass is 791 g/mol. The van der Waals surface area contributed by atoms with Crippen molar-refractivity contribution in [2.24, 2.45) is 0 Å². The van der Waals surface area contributed by atoms with Crippen LogP contribution in [0.25, 0.3) is 106 Å². The maximum absolute atomic E-state index is 12.8. The van der Waals surface area contributed by atoms with Crippen LogP contribution in [0.5, 0.6) is 5.75 Å². The Labute approximate surface area is 369 Å². The van der Waals surface area contributed by atoms with Gasteiger partial charge in [-0.15, -0.1) is 0 Å². The van der Waals surface area contributed by atoms with Gasteiger partial charge < -0.3 is 9.67 Å². The third kappa shape index (κ3) is 5.78. The van der Waals surface area contributed by atoms with E-state index in [1.54, 1.807) is 12.1 Å². The molecule has 7 aromatic carbocycles. The summed E-state index contributed by atoms with van der Waals surface area (Å²) in [6.45, 7) is 4.70. The van der Waals surface area contributed by atoms with Crippen LogP contribution in [0.3, 0.4) is 0 Å². The molecule has 1 aliphatic carbocycles. The molecule has 4 heterocycles. The zero-order valence-corrected chi connectivity index (χ0v) is 34.4. The van der Waals surface area contributed by atoms with Gasteiger partial charge >= 0.3 is 18.9 Å². The summed E-state index contributed by atoms with van der Waals surface area (Å²) in [6.07, 6.45) is 0. The summed E-state index contributed by atoms with van der Waals surface area (Å²) in [5.41, 5.74) is 13.9. The fourth-order valence-corrected chi connectivity index (χ4v) is 9.47. The Morgan fingerprint density at radius 3 is 1.97 bits per heavy atom. The number of pyridine rings is 2. The Kier molecular flexibility index (Phi) is 8.69. The molecule has 4 aromatic heterocycles. The van der Waals surface area contributed by atoms with E-state index < -0.39 is 0 Å². The molecule has 1 N–H and O–H groups in total. The molecular weight excluding hydrogens is 756 g/mol. The van der Waals surface area contributed by atoms with E-state index in [-0.39, 0.29) is 30.0 Å². The van der Waals surface area contributed by atoms with Crippen molar-refractivity contribution < 1.29 is 29.0 Å². The van der Waals surface area contributed by atoms with E-state index in [1.807, 2.05) is 66.7 Å². The van der Waals surface area contributed by atoms with Crippen LogP contribution in [0.1, 0.15) is 25.0 Å². The van der Waals surface area contributed by atoms with Crippen molar-refractivity contribution >= 4 is 43.6 Å². The summed E-state index contributed by atoms with van der Waals surface area (Å²) >= 11 is 0. The van der Waals surface area contributed by atoms with E-state index in [9.17, 15) is 5.11 Å². The van der Waals surface area contributed by atoms with Crippen molar-refractivity contribution in [3.8, 4) is 68.1 Å². The van der Waals surface area contributed by atoms with Crippen LogP contribution >= 0.6 is 0 Å². The van der Waals surface area contributed by atoms with E-state index in [2.05, 4.69) is 120 Å². The second kappa shape index (κ2) is 14.3. The van der Waals surface area contributed by atoms with Gasteiger partial charge in [0.2, 0.25) is 11.2 Å². The Morgan fingerprint density at radius 2 is 1.16 bits per heavy atom. The molecule has 0 saturated heterocycles. The molecule has 288 valence electrons. The molecule has 7 nitrogen and oxygen atoms in total. The Balaban J connectivity index is 0.00000432. The summed E-state index contributed by atoms with van der Waals surface area (Å²) in [6, 6.07) is 59.8. The standard InChI is InChI=1S/C54H36N6O.Li/c1-54(2)42-17-9-6-14-37(42)39-28-29-40-38-15-7-10-18-45(38)60(50(40)47(39)54)36-26-22-35(23-27-36)52-57-51(34-12-4-3-5-13-34)58-53(59-52)44-31-25-33-21-20-32-24-30-43(55-48(32)49(33)56-44)41-16-8-11-19-46(41)61;/h3-31,61H,1-2H3;/q;+1. The van der Waals surface area contributed by atoms with E-state index in [4.69, 9.17) is 19.9 Å². The van der Waals surface area contributed by atoms with Crippen LogP contribution in [-0.4, -0.2) is 24.5 Å². The van der Waals surface area contributed by atoms with Crippen molar-refractivity contribution in [1.29, 1.82) is 0 Å². The molecule has 0 fully saturated rings. The summed E-state index contributed by atoms with van der Waals surface area (Å²) in [4.78, 5) is 23.9. The number of hydrogen-bond acceptors (Lipinski definition) is 5. The van der Waals surface area contributed by atoms with Gasteiger partial charge in [0.1, 0.15) is 11.2 Å². The fourth-order valence-electron chi connectivity index (χ4n) is 9.47. The Morgan fingerprint density at radius 1 is 0.516 bits per heavy atom. The smallest absolute Gasteiger partial charge is 0.872 e. The van der Waals surface area contributed by atoms with Crippen LogP contribution < -0.4 is 29.0 Å². The second-order valence-electron chi connectivity index (χ2n) is 16.3. The van der Waals surface area contributed by atoms with E-state index in [1.165, 1.54) is 38.5 Å². The molecule has 0 radical (unpaired) electrons. The number of benzene rings is 7. The van der Waals surface area contributed by atoms with Crippen LogP contribution in [0, 0.1) is 0 Å². The number of aromatic nitrogens is 6. The van der Waals surface area contributed by atoms with E-state index in [0.717, 1.165) is 49.8 Å². The minimum atomic E-state index is -0.182. The number of H-pyrrole nitrogens is 1. The molecule has 0 unspecified atom stereocenters. The topological polar surface area (TPSA) is 93.7 Å². The summed E-state index contributed by atoms with van der Waals surface area (Å²) in [5.74, 6) is 1.54. The van der Waals surface area contributed by atoms with Gasteiger partial charge in [-0.05, 0) is 76.9 Å². The van der Waals surface area contributed by atoms with Crippen molar-refractivity contribution in [3.63, 3.8) is 0 Å². The number of para-hydroxylation sites is 2. The van der Waals surface area contributed by atoms with Gasteiger partial charge in [0.25, 0.3) is 0 Å². The van der Waals surface area contributed by atoms with Gasteiger partial charge in [0.05, 0.1) is 11.0 Å². The van der Waals surface area contributed by atoms with Crippen molar-refractivity contribution in [2.45, 2.75) is 19.3 Å². The first kappa shape index (κ1) is 37.6. The first-order valence-electron chi connectivity index (χ1n) is 20.5. The fraction of sp³-hybridized carbons (Fsp3) is 0.0556. The Bertz CT molecular complexity index is 3580. The van der Waals surface area contributed by atoms with Crippen molar-refractivity contribution in [1.82, 2.24) is 24.5 Å². The average Bonchev–Trinajstić information content (AvgIpc) is 3.77. The molecule has 0 saturated carbocycles. The SMILES string of the molecule is CC1(C)c2ccccc2-c2ccc3c4ccccc4n(-c4ccc(-c5nc(-c6ccccc6)nc(-c6ccc7ccc8ccc(-c9ccccc9[O-])[nH+]c8c7n6)n5)cc4)c3c21.[Li+]. The molecule has 0 atom stereocenters. The minimum Gasteiger partial charge on any atom is -0.872 e. The van der Waals surface area contributed by atoms with E-state index >= 15 is 0 Å². The van der Waals surface area contributed by atoms with Crippen LogP contribution in [0.4, 0.5) is 0 Å². The quantitative estimate of drug-likeness (QED) is 0.129. The largest absolute Gasteiger partial charge is 1.00 e. The first-order chi connectivity index (χ1) is 29.9. The molecule has 8 heteroatoms. The molecule has 12 rings (SSSR count). The predicted octanol–water partition coefficient (Wildman–Crippen LogP) is 8.54. The number of nitrogens with one attached hydrogen (secondary N) is 1. The molecule has 0 amide bonds. The summed E-state index contributed by atoms with van der Waals surface area (Å²) < 4.78 is 2.43. The van der Waals surface area contributed by atoms with Crippen LogP contribution in [0.2, 0.25) is 0 Å². The molecule has 0 bridgehead atoms. The molecule has 1 aliphatic rings. The zero-order chi connectivity index (χ0) is 40.8. The second-order valence-corrected chi connectivity index (χ2v) is 16.3. The normalized spacial score (nSPS) is 12.7. The number of fused-ring (bicyclic) bond motifs is 10. The number of hydrogen-bond donors (Lipinski definition) is 0. The number of rotatable bonds is 5. The molecule has 0 aliphatic heterocycles. The molecular formula is C54H36LiN6O+. The van der Waals surface area contributed by atoms with Gasteiger partial charge in [-0.2, -0.15) is 0 Å². The number of nitrogens with zero attached hydrogens (tertiary/aromatic N) is 5. The average molecular weight is 792 g/mol. The third-order valence-corrected chi connectivity index (χ3v) is 12.4. The van der Waals surface area contributed by atoms with Gasteiger partial charge in [0, 0.05) is 55.4 Å². The maximum Gasteiger partial charge on any atom is 1.00 e. The van der Waals surface area contributed by atoms with Crippen LogP contribution in [0.15, 0.2) is 176 Å². The Hall–Kier alpha value is -7.43. The molecule has 0 spiro atoms. The van der Waals surface area contributed by atoms with Crippen LogP contribution in [-0.2, 0) is 5.41 Å². The van der Waals surface area contributed by atoms with Crippen molar-refractivity contribution in [3.05, 3.63) is 187 Å². The predicted molar refractivity (Wildman–Crippen MR) is 242 cm³/mol. The third-order valence-electron chi connectivity index (χ3n) is 12.4. The van der Waals surface area contributed by atoms with Crippen molar-refractivity contribution in [2.75, 3.05) is 0 Å². The maximum atomic E-state index is 12.8. The minimum absolute atomic E-state index is 0. The molecule has 11 aromatic rings. The van der Waals surface area contributed by atoms with Gasteiger partial charge in [0.15, 0.2) is 17.5 Å². The summed E-state index contributed by atoms with van der Waals surface area (Å²) in [5, 5.41) is 17.2. The summed E-state index contributed by atoms with van der Waals surface area (Å²) in [7, 11) is 0. The zero-order valence-electron chi connectivity index (χ0n) is 34.4. The first-order valence-corrected chi connectivity index (χ1v) is 20.5. The van der Waals surface area contributed by atoms with Gasteiger partial charge in [-0.25, -0.2) is 24.9 Å². The number of aromatic amines is 1. The molecule has 62 heavy (non-hydrogen) atoms.